The van der Waals surface area contributed by atoms with Gasteiger partial charge in [-0.1, -0.05) is 26.0 Å². The average Bonchev–Trinajstić information content (AvgIpc) is 2.38. The number of rotatable bonds is 3. The quantitative estimate of drug-likeness (QED) is 0.863. The summed E-state index contributed by atoms with van der Waals surface area (Å²) in [5.41, 5.74) is 0.843. The van der Waals surface area contributed by atoms with Crippen LogP contribution < -0.4 is 5.32 Å². The van der Waals surface area contributed by atoms with Crippen molar-refractivity contribution in [3.8, 4) is 0 Å². The van der Waals surface area contributed by atoms with E-state index in [0.717, 1.165) is 30.1 Å². The van der Waals surface area contributed by atoms with Crippen molar-refractivity contribution >= 4 is 17.7 Å². The standard InChI is InChI=1S/C15H22N2OS/c1-11(2)19-14-7-5-4-6-13(14)15(18)17-9-8-16-12(3)10-17/h4-7,11-12,16H,8-10H2,1-3H3. The molecule has 0 aliphatic carbocycles. The minimum atomic E-state index is 0.164. The second-order valence-electron chi connectivity index (χ2n) is 5.27. The number of hydrogen-bond acceptors (Lipinski definition) is 3. The number of amides is 1. The highest BCUT2D eigenvalue weighted by molar-refractivity contribution is 8.00. The van der Waals surface area contributed by atoms with Gasteiger partial charge in [0, 0.05) is 35.8 Å². The Morgan fingerprint density at radius 3 is 2.84 bits per heavy atom. The minimum absolute atomic E-state index is 0.164. The van der Waals surface area contributed by atoms with E-state index in [1.807, 2.05) is 29.2 Å². The van der Waals surface area contributed by atoms with Gasteiger partial charge < -0.3 is 10.2 Å². The second kappa shape index (κ2) is 6.44. The molecule has 1 amide bonds. The molecule has 1 heterocycles. The van der Waals surface area contributed by atoms with Crippen LogP contribution in [0, 0.1) is 0 Å². The van der Waals surface area contributed by atoms with Gasteiger partial charge in [-0.25, -0.2) is 0 Å². The van der Waals surface area contributed by atoms with Gasteiger partial charge in [0.05, 0.1) is 5.56 Å². The lowest BCUT2D eigenvalue weighted by atomic mass is 10.1. The molecule has 1 N–H and O–H groups in total. The van der Waals surface area contributed by atoms with Crippen molar-refractivity contribution in [2.75, 3.05) is 19.6 Å². The van der Waals surface area contributed by atoms with E-state index in [1.165, 1.54) is 0 Å². The number of carbonyl (C=O) groups excluding carboxylic acids is 1. The fraction of sp³-hybridized carbons (Fsp3) is 0.533. The summed E-state index contributed by atoms with van der Waals surface area (Å²) in [4.78, 5) is 15.7. The largest absolute Gasteiger partial charge is 0.336 e. The van der Waals surface area contributed by atoms with Gasteiger partial charge in [0.1, 0.15) is 0 Å². The number of piperazine rings is 1. The van der Waals surface area contributed by atoms with E-state index in [4.69, 9.17) is 0 Å². The summed E-state index contributed by atoms with van der Waals surface area (Å²) < 4.78 is 0. The van der Waals surface area contributed by atoms with Crippen molar-refractivity contribution in [3.05, 3.63) is 29.8 Å². The molecular weight excluding hydrogens is 256 g/mol. The Kier molecular flexibility index (Phi) is 4.88. The fourth-order valence-corrected chi connectivity index (χ4v) is 3.23. The molecule has 3 nitrogen and oxygen atoms in total. The molecule has 1 saturated heterocycles. The summed E-state index contributed by atoms with van der Waals surface area (Å²) in [6.45, 7) is 8.89. The predicted octanol–water partition coefficient (Wildman–Crippen LogP) is 2.62. The maximum Gasteiger partial charge on any atom is 0.255 e. The third kappa shape index (κ3) is 3.74. The van der Waals surface area contributed by atoms with Gasteiger partial charge in [-0.2, -0.15) is 0 Å². The summed E-state index contributed by atoms with van der Waals surface area (Å²) in [6, 6.07) is 8.32. The Morgan fingerprint density at radius 2 is 2.16 bits per heavy atom. The van der Waals surface area contributed by atoms with Crippen molar-refractivity contribution in [2.45, 2.75) is 37.0 Å². The molecule has 1 aromatic rings. The van der Waals surface area contributed by atoms with Crippen LogP contribution in [0.15, 0.2) is 29.2 Å². The van der Waals surface area contributed by atoms with Crippen LogP contribution in [0.4, 0.5) is 0 Å². The first-order chi connectivity index (χ1) is 9.08. The Bertz CT molecular complexity index is 448. The highest BCUT2D eigenvalue weighted by Gasteiger charge is 2.23. The first-order valence-corrected chi connectivity index (χ1v) is 7.74. The van der Waals surface area contributed by atoms with Gasteiger partial charge >= 0.3 is 0 Å². The molecule has 0 aromatic heterocycles. The van der Waals surface area contributed by atoms with Crippen LogP contribution in [0.1, 0.15) is 31.1 Å². The predicted molar refractivity (Wildman–Crippen MR) is 80.8 cm³/mol. The van der Waals surface area contributed by atoms with Gasteiger partial charge in [-0.3, -0.25) is 4.79 Å². The number of hydrogen-bond donors (Lipinski definition) is 1. The number of nitrogens with zero attached hydrogens (tertiary/aromatic N) is 1. The van der Waals surface area contributed by atoms with Crippen molar-refractivity contribution in [2.24, 2.45) is 0 Å². The van der Waals surface area contributed by atoms with Crippen LogP contribution in [-0.4, -0.2) is 41.7 Å². The van der Waals surface area contributed by atoms with Crippen molar-refractivity contribution < 1.29 is 4.79 Å². The van der Waals surface area contributed by atoms with Crippen molar-refractivity contribution in [1.82, 2.24) is 10.2 Å². The SMILES string of the molecule is CC1CN(C(=O)c2ccccc2SC(C)C)CCN1. The molecule has 0 bridgehead atoms. The topological polar surface area (TPSA) is 32.3 Å². The van der Waals surface area contributed by atoms with Crippen molar-refractivity contribution in [3.63, 3.8) is 0 Å². The van der Waals surface area contributed by atoms with Gasteiger partial charge in [0.15, 0.2) is 0 Å². The number of carbonyl (C=O) groups is 1. The molecule has 19 heavy (non-hydrogen) atoms. The Labute approximate surface area is 119 Å². The van der Waals surface area contributed by atoms with Gasteiger partial charge in [0.25, 0.3) is 5.91 Å². The third-order valence-electron chi connectivity index (χ3n) is 3.14. The highest BCUT2D eigenvalue weighted by Crippen LogP contribution is 2.27. The van der Waals surface area contributed by atoms with Gasteiger partial charge in [-0.05, 0) is 19.1 Å². The van der Waals surface area contributed by atoms with Crippen LogP contribution in [0.3, 0.4) is 0 Å². The Balaban J connectivity index is 2.18. The lowest BCUT2D eigenvalue weighted by Crippen LogP contribution is -2.51. The Hall–Kier alpha value is -1.00. The first-order valence-electron chi connectivity index (χ1n) is 6.86. The maximum absolute atomic E-state index is 12.6. The van der Waals surface area contributed by atoms with E-state index >= 15 is 0 Å². The normalized spacial score (nSPS) is 19.8. The molecule has 0 spiro atoms. The zero-order chi connectivity index (χ0) is 13.8. The van der Waals surface area contributed by atoms with Crippen LogP contribution in [0.5, 0.6) is 0 Å². The monoisotopic (exact) mass is 278 g/mol. The molecule has 1 aromatic carbocycles. The first kappa shape index (κ1) is 14.4. The number of benzene rings is 1. The molecule has 2 rings (SSSR count). The van der Waals surface area contributed by atoms with Crippen LogP contribution >= 0.6 is 11.8 Å². The third-order valence-corrected chi connectivity index (χ3v) is 4.22. The van der Waals surface area contributed by atoms with Gasteiger partial charge in [0.2, 0.25) is 0 Å². The maximum atomic E-state index is 12.6. The van der Waals surface area contributed by atoms with E-state index < -0.39 is 0 Å². The molecular formula is C15H22N2OS. The molecule has 104 valence electrons. The van der Waals surface area contributed by atoms with Gasteiger partial charge in [-0.15, -0.1) is 11.8 Å². The average molecular weight is 278 g/mol. The fourth-order valence-electron chi connectivity index (χ4n) is 2.29. The van der Waals surface area contributed by atoms with E-state index in [1.54, 1.807) is 11.8 Å². The molecule has 0 saturated carbocycles. The van der Waals surface area contributed by atoms with E-state index in [2.05, 4.69) is 26.1 Å². The summed E-state index contributed by atoms with van der Waals surface area (Å²) in [6.07, 6.45) is 0. The molecule has 1 fully saturated rings. The second-order valence-corrected chi connectivity index (χ2v) is 6.89. The zero-order valence-electron chi connectivity index (χ0n) is 11.8. The molecule has 1 unspecified atom stereocenters. The number of nitrogens with one attached hydrogen (secondary N) is 1. The smallest absolute Gasteiger partial charge is 0.255 e. The molecule has 1 atom stereocenters. The highest BCUT2D eigenvalue weighted by atomic mass is 32.2. The number of thioether (sulfide) groups is 1. The van der Waals surface area contributed by atoms with E-state index in [9.17, 15) is 4.79 Å². The lowest BCUT2D eigenvalue weighted by Gasteiger charge is -2.32. The van der Waals surface area contributed by atoms with Crippen LogP contribution in [0.2, 0.25) is 0 Å². The van der Waals surface area contributed by atoms with Crippen LogP contribution in [0.25, 0.3) is 0 Å². The van der Waals surface area contributed by atoms with E-state index in [-0.39, 0.29) is 5.91 Å². The molecule has 0 radical (unpaired) electrons. The van der Waals surface area contributed by atoms with Crippen molar-refractivity contribution in [1.29, 1.82) is 0 Å². The molecule has 1 aliphatic heterocycles. The molecule has 4 heteroatoms. The zero-order valence-corrected chi connectivity index (χ0v) is 12.7. The molecule has 1 aliphatic rings. The lowest BCUT2D eigenvalue weighted by molar-refractivity contribution is 0.0705. The van der Waals surface area contributed by atoms with Crippen LogP contribution in [-0.2, 0) is 0 Å². The van der Waals surface area contributed by atoms with E-state index in [0.29, 0.717) is 11.3 Å². The summed E-state index contributed by atoms with van der Waals surface area (Å²) in [5, 5.41) is 3.85. The summed E-state index contributed by atoms with van der Waals surface area (Å²) >= 11 is 1.76. The Morgan fingerprint density at radius 1 is 1.42 bits per heavy atom. The summed E-state index contributed by atoms with van der Waals surface area (Å²) in [5.74, 6) is 0.164. The summed E-state index contributed by atoms with van der Waals surface area (Å²) in [7, 11) is 0. The minimum Gasteiger partial charge on any atom is -0.336 e.